The van der Waals surface area contributed by atoms with Gasteiger partial charge in [0.15, 0.2) is 0 Å². The Hall–Kier alpha value is -1.87. The molecule has 2 aromatic carbocycles. The van der Waals surface area contributed by atoms with Crippen LogP contribution in [-0.2, 0) is 0 Å². The summed E-state index contributed by atoms with van der Waals surface area (Å²) in [5, 5.41) is 3.36. The maximum absolute atomic E-state index is 13.4. The number of anilines is 1. The van der Waals surface area contributed by atoms with E-state index in [1.54, 1.807) is 12.1 Å². The molecule has 2 nitrogen and oxygen atoms in total. The standard InChI is InChI=1S/C18H23FN2/c1-3-21(17-11-7-10-16(19)14-17)13-12-18(20-2)15-8-5-4-6-9-15/h4-11,14,18,20H,3,12-13H2,1-2H3. The van der Waals surface area contributed by atoms with Crippen LogP contribution in [-0.4, -0.2) is 20.1 Å². The molecule has 2 rings (SSSR count). The van der Waals surface area contributed by atoms with Crippen LogP contribution in [0.25, 0.3) is 0 Å². The first-order valence-corrected chi connectivity index (χ1v) is 7.47. The molecule has 0 aromatic heterocycles. The van der Waals surface area contributed by atoms with Crippen molar-refractivity contribution in [2.45, 2.75) is 19.4 Å². The molecule has 0 amide bonds. The van der Waals surface area contributed by atoms with Crippen molar-refractivity contribution in [3.63, 3.8) is 0 Å². The van der Waals surface area contributed by atoms with Gasteiger partial charge in [-0.15, -0.1) is 0 Å². The molecule has 21 heavy (non-hydrogen) atoms. The highest BCUT2D eigenvalue weighted by atomic mass is 19.1. The lowest BCUT2D eigenvalue weighted by Crippen LogP contribution is -2.28. The first kappa shape index (κ1) is 15.5. The average Bonchev–Trinajstić information content (AvgIpc) is 2.52. The molecule has 0 heterocycles. The highest BCUT2D eigenvalue weighted by molar-refractivity contribution is 5.46. The number of nitrogens with zero attached hydrogens (tertiary/aromatic N) is 1. The maximum atomic E-state index is 13.4. The maximum Gasteiger partial charge on any atom is 0.125 e. The molecule has 0 aliphatic rings. The topological polar surface area (TPSA) is 15.3 Å². The third kappa shape index (κ3) is 4.30. The summed E-state index contributed by atoms with van der Waals surface area (Å²) in [7, 11) is 1.98. The molecule has 0 aliphatic heterocycles. The summed E-state index contributed by atoms with van der Waals surface area (Å²) >= 11 is 0. The van der Waals surface area contributed by atoms with E-state index in [1.807, 2.05) is 19.2 Å². The smallest absolute Gasteiger partial charge is 0.125 e. The van der Waals surface area contributed by atoms with Crippen molar-refractivity contribution in [1.82, 2.24) is 5.32 Å². The summed E-state index contributed by atoms with van der Waals surface area (Å²) in [6.45, 7) is 3.86. The van der Waals surface area contributed by atoms with E-state index < -0.39 is 0 Å². The third-order valence-corrected chi connectivity index (χ3v) is 3.79. The van der Waals surface area contributed by atoms with E-state index in [0.29, 0.717) is 6.04 Å². The molecule has 0 saturated carbocycles. The zero-order valence-corrected chi connectivity index (χ0v) is 12.7. The number of benzene rings is 2. The molecule has 0 aliphatic carbocycles. The molecule has 0 fully saturated rings. The summed E-state index contributed by atoms with van der Waals surface area (Å²) < 4.78 is 13.4. The van der Waals surface area contributed by atoms with Crippen LogP contribution in [0.4, 0.5) is 10.1 Å². The van der Waals surface area contributed by atoms with Gasteiger partial charge in [0.25, 0.3) is 0 Å². The molecule has 0 radical (unpaired) electrons. The van der Waals surface area contributed by atoms with Crippen molar-refractivity contribution >= 4 is 5.69 Å². The number of halogens is 1. The molecule has 1 N–H and O–H groups in total. The van der Waals surface area contributed by atoms with Crippen LogP contribution in [0, 0.1) is 5.82 Å². The number of rotatable bonds is 7. The Kier molecular flexibility index (Phi) is 5.76. The van der Waals surface area contributed by atoms with Crippen LogP contribution in [0.3, 0.4) is 0 Å². The molecule has 0 bridgehead atoms. The summed E-state index contributed by atoms with van der Waals surface area (Å²) in [5.74, 6) is -0.181. The largest absolute Gasteiger partial charge is 0.372 e. The van der Waals surface area contributed by atoms with Crippen LogP contribution in [0.1, 0.15) is 24.9 Å². The van der Waals surface area contributed by atoms with Gasteiger partial charge in [-0.05, 0) is 44.2 Å². The fraction of sp³-hybridized carbons (Fsp3) is 0.333. The Labute approximate surface area is 126 Å². The van der Waals surface area contributed by atoms with Crippen molar-refractivity contribution < 1.29 is 4.39 Å². The van der Waals surface area contributed by atoms with Gasteiger partial charge in [0.2, 0.25) is 0 Å². The minimum absolute atomic E-state index is 0.181. The van der Waals surface area contributed by atoms with Crippen molar-refractivity contribution in [1.29, 1.82) is 0 Å². The minimum atomic E-state index is -0.181. The van der Waals surface area contributed by atoms with Crippen molar-refractivity contribution in [3.8, 4) is 0 Å². The van der Waals surface area contributed by atoms with Gasteiger partial charge in [-0.25, -0.2) is 4.39 Å². The van der Waals surface area contributed by atoms with E-state index in [9.17, 15) is 4.39 Å². The van der Waals surface area contributed by atoms with Gasteiger partial charge in [-0.3, -0.25) is 0 Å². The van der Waals surface area contributed by atoms with E-state index >= 15 is 0 Å². The van der Waals surface area contributed by atoms with E-state index in [1.165, 1.54) is 11.6 Å². The van der Waals surface area contributed by atoms with Crippen molar-refractivity contribution in [3.05, 3.63) is 66.0 Å². The van der Waals surface area contributed by atoms with E-state index in [-0.39, 0.29) is 5.82 Å². The minimum Gasteiger partial charge on any atom is -0.372 e. The van der Waals surface area contributed by atoms with Crippen LogP contribution < -0.4 is 10.2 Å². The molecule has 1 unspecified atom stereocenters. The Morgan fingerprint density at radius 3 is 2.48 bits per heavy atom. The lowest BCUT2D eigenvalue weighted by atomic mass is 10.0. The Morgan fingerprint density at radius 2 is 1.86 bits per heavy atom. The van der Waals surface area contributed by atoms with E-state index in [2.05, 4.69) is 41.4 Å². The van der Waals surface area contributed by atoms with Crippen LogP contribution in [0.15, 0.2) is 54.6 Å². The van der Waals surface area contributed by atoms with Gasteiger partial charge in [-0.2, -0.15) is 0 Å². The summed E-state index contributed by atoms with van der Waals surface area (Å²) in [4.78, 5) is 2.20. The van der Waals surface area contributed by atoms with E-state index in [0.717, 1.165) is 25.2 Å². The number of hydrogen-bond acceptors (Lipinski definition) is 2. The highest BCUT2D eigenvalue weighted by Crippen LogP contribution is 2.20. The first-order valence-electron chi connectivity index (χ1n) is 7.47. The number of hydrogen-bond donors (Lipinski definition) is 1. The van der Waals surface area contributed by atoms with Crippen LogP contribution in [0.5, 0.6) is 0 Å². The second-order valence-electron chi connectivity index (χ2n) is 5.10. The summed E-state index contributed by atoms with van der Waals surface area (Å²) in [6, 6.07) is 17.5. The molecule has 0 saturated heterocycles. The zero-order chi connectivity index (χ0) is 15.1. The van der Waals surface area contributed by atoms with Crippen molar-refractivity contribution in [2.24, 2.45) is 0 Å². The third-order valence-electron chi connectivity index (χ3n) is 3.79. The first-order chi connectivity index (χ1) is 10.2. The predicted octanol–water partition coefficient (Wildman–Crippen LogP) is 4.00. The zero-order valence-electron chi connectivity index (χ0n) is 12.7. The molecule has 1 atom stereocenters. The highest BCUT2D eigenvalue weighted by Gasteiger charge is 2.11. The SMILES string of the molecule is CCN(CCC(NC)c1ccccc1)c1cccc(F)c1. The summed E-state index contributed by atoms with van der Waals surface area (Å²) in [5.41, 5.74) is 2.23. The van der Waals surface area contributed by atoms with Gasteiger partial charge >= 0.3 is 0 Å². The molecular weight excluding hydrogens is 263 g/mol. The van der Waals surface area contributed by atoms with Crippen LogP contribution >= 0.6 is 0 Å². The fourth-order valence-corrected chi connectivity index (χ4v) is 2.59. The molecule has 3 heteroatoms. The molecule has 0 spiro atoms. The van der Waals surface area contributed by atoms with Gasteiger partial charge in [0, 0.05) is 24.8 Å². The molecule has 112 valence electrons. The normalized spacial score (nSPS) is 12.1. The Bertz CT molecular complexity index is 542. The lowest BCUT2D eigenvalue weighted by Gasteiger charge is -2.26. The quantitative estimate of drug-likeness (QED) is 0.827. The number of nitrogens with one attached hydrogen (secondary N) is 1. The van der Waals surface area contributed by atoms with Gasteiger partial charge in [0.05, 0.1) is 0 Å². The predicted molar refractivity (Wildman–Crippen MR) is 87.1 cm³/mol. The van der Waals surface area contributed by atoms with Gasteiger partial charge in [-0.1, -0.05) is 36.4 Å². The monoisotopic (exact) mass is 286 g/mol. The second kappa shape index (κ2) is 7.79. The second-order valence-corrected chi connectivity index (χ2v) is 5.10. The lowest BCUT2D eigenvalue weighted by molar-refractivity contribution is 0.543. The molecule has 2 aromatic rings. The fourth-order valence-electron chi connectivity index (χ4n) is 2.59. The van der Waals surface area contributed by atoms with Crippen molar-refractivity contribution in [2.75, 3.05) is 25.0 Å². The molecular formula is C18H23FN2. The van der Waals surface area contributed by atoms with Gasteiger partial charge in [0.1, 0.15) is 5.82 Å². The van der Waals surface area contributed by atoms with E-state index in [4.69, 9.17) is 0 Å². The Morgan fingerprint density at radius 1 is 1.10 bits per heavy atom. The Balaban J connectivity index is 2.02. The summed E-state index contributed by atoms with van der Waals surface area (Å²) in [6.07, 6.45) is 0.977. The average molecular weight is 286 g/mol. The van der Waals surface area contributed by atoms with Crippen LogP contribution in [0.2, 0.25) is 0 Å². The van der Waals surface area contributed by atoms with Gasteiger partial charge < -0.3 is 10.2 Å².